The molecular formula is C19H29F3IN5O2. The molecule has 2 bridgehead atoms. The van der Waals surface area contributed by atoms with Crippen LogP contribution in [0.1, 0.15) is 12.8 Å². The highest BCUT2D eigenvalue weighted by atomic mass is 127. The van der Waals surface area contributed by atoms with Gasteiger partial charge in [-0.2, -0.15) is 13.2 Å². The van der Waals surface area contributed by atoms with Gasteiger partial charge in [-0.3, -0.25) is 24.4 Å². The highest BCUT2D eigenvalue weighted by Gasteiger charge is 2.58. The molecule has 1 aliphatic heterocycles. The lowest BCUT2D eigenvalue weighted by molar-refractivity contribution is -0.143. The van der Waals surface area contributed by atoms with Crippen molar-refractivity contribution in [3.8, 4) is 0 Å². The van der Waals surface area contributed by atoms with Crippen LogP contribution in [-0.4, -0.2) is 80.6 Å². The average molecular weight is 543 g/mol. The molecule has 3 aliphatic rings. The third-order valence-corrected chi connectivity index (χ3v) is 5.87. The molecule has 2 fully saturated rings. The molecule has 1 heterocycles. The van der Waals surface area contributed by atoms with Gasteiger partial charge in [-0.1, -0.05) is 12.2 Å². The number of amides is 2. The van der Waals surface area contributed by atoms with Crippen LogP contribution in [0.4, 0.5) is 13.2 Å². The Balaban J connectivity index is 0.00000320. The number of hydrogen-bond acceptors (Lipinski definition) is 4. The molecule has 3 rings (SSSR count). The largest absolute Gasteiger partial charge is 0.401 e. The van der Waals surface area contributed by atoms with Crippen LogP contribution in [0.3, 0.4) is 0 Å². The minimum atomic E-state index is -4.22. The molecule has 2 N–H and O–H groups in total. The zero-order chi connectivity index (χ0) is 21.2. The lowest BCUT2D eigenvalue weighted by Gasteiger charge is -2.20. The summed E-state index contributed by atoms with van der Waals surface area (Å²) in [7, 11) is 2.98. The van der Waals surface area contributed by atoms with E-state index in [1.54, 1.807) is 7.05 Å². The SMILES string of the molecule is CN=C(NCCCN1C(=O)C2C3C=CC(C3)C2C1=O)NCCN(C)CC(F)(F)F.I. The quantitative estimate of drug-likeness (QED) is 0.121. The van der Waals surface area contributed by atoms with E-state index in [1.807, 2.05) is 0 Å². The molecular weight excluding hydrogens is 514 g/mol. The summed E-state index contributed by atoms with van der Waals surface area (Å²) in [6.07, 6.45) is 1.43. The van der Waals surface area contributed by atoms with Gasteiger partial charge in [-0.25, -0.2) is 0 Å². The maximum Gasteiger partial charge on any atom is 0.401 e. The number of hydrogen-bond donors (Lipinski definition) is 2. The molecule has 0 aromatic heterocycles. The Labute approximate surface area is 191 Å². The van der Waals surface area contributed by atoms with Crippen LogP contribution >= 0.6 is 24.0 Å². The number of likely N-dealkylation sites (N-methyl/N-ethyl adjacent to an activating group) is 1. The van der Waals surface area contributed by atoms with E-state index in [0.29, 0.717) is 32.0 Å². The lowest BCUT2D eigenvalue weighted by atomic mass is 9.85. The number of carbonyl (C=O) groups is 2. The van der Waals surface area contributed by atoms with E-state index < -0.39 is 12.7 Å². The van der Waals surface area contributed by atoms with Gasteiger partial charge in [0, 0.05) is 33.2 Å². The molecule has 0 spiro atoms. The Morgan fingerprint density at radius 2 is 1.73 bits per heavy atom. The van der Waals surface area contributed by atoms with Crippen molar-refractivity contribution in [2.75, 3.05) is 46.8 Å². The number of allylic oxidation sites excluding steroid dienone is 2. The molecule has 4 atom stereocenters. The van der Waals surface area contributed by atoms with Crippen molar-refractivity contribution in [1.82, 2.24) is 20.4 Å². The van der Waals surface area contributed by atoms with Crippen LogP contribution in [0.5, 0.6) is 0 Å². The number of nitrogens with one attached hydrogen (secondary N) is 2. The zero-order valence-corrected chi connectivity index (χ0v) is 19.4. The van der Waals surface area contributed by atoms with Gasteiger partial charge in [0.1, 0.15) is 0 Å². The van der Waals surface area contributed by atoms with Crippen molar-refractivity contribution >= 4 is 41.8 Å². The Morgan fingerprint density at radius 1 is 1.17 bits per heavy atom. The van der Waals surface area contributed by atoms with E-state index >= 15 is 0 Å². The summed E-state index contributed by atoms with van der Waals surface area (Å²) in [5.41, 5.74) is 0. The maximum atomic E-state index is 12.6. The van der Waals surface area contributed by atoms with E-state index in [1.165, 1.54) is 16.8 Å². The van der Waals surface area contributed by atoms with E-state index in [2.05, 4.69) is 27.8 Å². The molecule has 1 saturated carbocycles. The number of guanidine groups is 1. The van der Waals surface area contributed by atoms with Gasteiger partial charge in [-0.15, -0.1) is 24.0 Å². The van der Waals surface area contributed by atoms with Crippen LogP contribution in [0.15, 0.2) is 17.1 Å². The zero-order valence-electron chi connectivity index (χ0n) is 17.1. The molecule has 30 heavy (non-hydrogen) atoms. The second-order valence-corrected chi connectivity index (χ2v) is 7.96. The molecule has 0 aromatic carbocycles. The van der Waals surface area contributed by atoms with Gasteiger partial charge in [0.2, 0.25) is 11.8 Å². The number of nitrogens with zero attached hydrogens (tertiary/aromatic N) is 3. The summed E-state index contributed by atoms with van der Waals surface area (Å²) in [6, 6.07) is 0. The number of fused-ring (bicyclic) bond motifs is 5. The fourth-order valence-corrected chi connectivity index (χ4v) is 4.60. The highest BCUT2D eigenvalue weighted by Crippen LogP contribution is 2.52. The summed E-state index contributed by atoms with van der Waals surface area (Å²) < 4.78 is 36.9. The van der Waals surface area contributed by atoms with E-state index in [9.17, 15) is 22.8 Å². The number of aliphatic imine (C=N–C) groups is 1. The van der Waals surface area contributed by atoms with Crippen molar-refractivity contribution in [1.29, 1.82) is 0 Å². The Hall–Kier alpha value is -1.37. The van der Waals surface area contributed by atoms with Crippen molar-refractivity contribution in [2.24, 2.45) is 28.7 Å². The Bertz CT molecular complexity index is 670. The summed E-state index contributed by atoms with van der Waals surface area (Å²) in [4.78, 5) is 31.8. The molecule has 7 nitrogen and oxygen atoms in total. The lowest BCUT2D eigenvalue weighted by Crippen LogP contribution is -2.43. The van der Waals surface area contributed by atoms with Gasteiger partial charge < -0.3 is 10.6 Å². The van der Waals surface area contributed by atoms with E-state index in [4.69, 9.17) is 0 Å². The van der Waals surface area contributed by atoms with Crippen LogP contribution in [0.25, 0.3) is 0 Å². The van der Waals surface area contributed by atoms with Gasteiger partial charge in [0.25, 0.3) is 0 Å². The maximum absolute atomic E-state index is 12.6. The summed E-state index contributed by atoms with van der Waals surface area (Å²) in [6.45, 7) is 0.431. The van der Waals surface area contributed by atoms with Crippen LogP contribution in [0, 0.1) is 23.7 Å². The summed E-state index contributed by atoms with van der Waals surface area (Å²) >= 11 is 0. The molecule has 1 saturated heterocycles. The fraction of sp³-hybridized carbons (Fsp3) is 0.737. The number of rotatable bonds is 8. The van der Waals surface area contributed by atoms with Crippen molar-refractivity contribution < 1.29 is 22.8 Å². The topological polar surface area (TPSA) is 77.0 Å². The normalized spacial score (nSPS) is 27.7. The number of halogens is 4. The second kappa shape index (κ2) is 10.3. The minimum absolute atomic E-state index is 0. The first-order valence-corrected chi connectivity index (χ1v) is 9.94. The first kappa shape index (κ1) is 24.9. The molecule has 2 aliphatic carbocycles. The Kier molecular flexibility index (Phi) is 8.54. The number of carbonyl (C=O) groups excluding carboxylic acids is 2. The fourth-order valence-electron chi connectivity index (χ4n) is 4.60. The van der Waals surface area contributed by atoms with Gasteiger partial charge in [0.15, 0.2) is 5.96 Å². The monoisotopic (exact) mass is 543 g/mol. The van der Waals surface area contributed by atoms with Crippen LogP contribution in [0.2, 0.25) is 0 Å². The summed E-state index contributed by atoms with van der Waals surface area (Å²) in [5, 5.41) is 6.02. The van der Waals surface area contributed by atoms with E-state index in [-0.39, 0.29) is 66.0 Å². The highest BCUT2D eigenvalue weighted by molar-refractivity contribution is 14.0. The third kappa shape index (κ3) is 5.65. The van der Waals surface area contributed by atoms with Crippen molar-refractivity contribution in [3.05, 3.63) is 12.2 Å². The second-order valence-electron chi connectivity index (χ2n) is 7.96. The number of imide groups is 1. The molecule has 2 amide bonds. The predicted octanol–water partition coefficient (Wildman–Crippen LogP) is 1.46. The standard InChI is InChI=1S/C19H28F3N5O2.HI/c1-23-18(25-7-9-26(2)11-19(20,21)22)24-6-3-8-27-16(28)14-12-4-5-13(10-12)15(14)17(27)29;/h4-5,12-15H,3,6-11H2,1-2H3,(H2,23,24,25);1H. The molecule has 11 heteroatoms. The van der Waals surface area contributed by atoms with Crippen LogP contribution < -0.4 is 10.6 Å². The third-order valence-electron chi connectivity index (χ3n) is 5.87. The Morgan fingerprint density at radius 3 is 2.27 bits per heavy atom. The molecule has 170 valence electrons. The van der Waals surface area contributed by atoms with Crippen molar-refractivity contribution in [2.45, 2.75) is 19.0 Å². The summed E-state index contributed by atoms with van der Waals surface area (Å²) in [5.74, 6) is 0.455. The minimum Gasteiger partial charge on any atom is -0.356 e. The van der Waals surface area contributed by atoms with Gasteiger partial charge >= 0.3 is 6.18 Å². The number of likely N-dealkylation sites (tertiary alicyclic amines) is 1. The predicted molar refractivity (Wildman–Crippen MR) is 117 cm³/mol. The molecule has 0 radical (unpaired) electrons. The molecule has 4 unspecified atom stereocenters. The van der Waals surface area contributed by atoms with E-state index in [0.717, 1.165) is 6.42 Å². The smallest absolute Gasteiger partial charge is 0.356 e. The molecule has 0 aromatic rings. The number of alkyl halides is 3. The van der Waals surface area contributed by atoms with Crippen molar-refractivity contribution in [3.63, 3.8) is 0 Å². The van der Waals surface area contributed by atoms with Gasteiger partial charge in [-0.05, 0) is 31.7 Å². The average Bonchev–Trinajstić information content (AvgIpc) is 3.31. The van der Waals surface area contributed by atoms with Gasteiger partial charge in [0.05, 0.1) is 18.4 Å². The first-order valence-electron chi connectivity index (χ1n) is 9.94. The first-order chi connectivity index (χ1) is 13.7. The van der Waals surface area contributed by atoms with Crippen LogP contribution in [-0.2, 0) is 9.59 Å².